The molecular formula is C13H16S3. The molecule has 3 heteroatoms. The highest BCUT2D eigenvalue weighted by Crippen LogP contribution is 2.39. The van der Waals surface area contributed by atoms with Crippen LogP contribution in [0.4, 0.5) is 0 Å². The molecule has 1 saturated heterocycles. The summed E-state index contributed by atoms with van der Waals surface area (Å²) in [4.78, 5) is 0. The van der Waals surface area contributed by atoms with E-state index in [-0.39, 0.29) is 0 Å². The topological polar surface area (TPSA) is 0 Å². The maximum atomic E-state index is 2.43. The molecule has 0 amide bonds. The van der Waals surface area contributed by atoms with Crippen molar-refractivity contribution in [2.45, 2.75) is 11.7 Å². The van der Waals surface area contributed by atoms with Crippen molar-refractivity contribution in [1.82, 2.24) is 0 Å². The van der Waals surface area contributed by atoms with E-state index < -0.39 is 0 Å². The lowest BCUT2D eigenvalue weighted by molar-refractivity contribution is 1.12. The van der Waals surface area contributed by atoms with E-state index in [0.717, 1.165) is 0 Å². The molecule has 0 N–H and O–H groups in total. The summed E-state index contributed by atoms with van der Waals surface area (Å²) in [6.45, 7) is 0. The molecule has 1 aromatic rings. The summed E-state index contributed by atoms with van der Waals surface area (Å²) in [6, 6.07) is 10.8. The van der Waals surface area contributed by atoms with Crippen molar-refractivity contribution in [1.29, 1.82) is 0 Å². The van der Waals surface area contributed by atoms with Gasteiger partial charge >= 0.3 is 0 Å². The fourth-order valence-electron chi connectivity index (χ4n) is 1.61. The van der Waals surface area contributed by atoms with Gasteiger partial charge in [-0.2, -0.15) is 11.8 Å². The predicted octanol–water partition coefficient (Wildman–Crippen LogP) is 4.80. The Morgan fingerprint density at radius 1 is 1.19 bits per heavy atom. The maximum Gasteiger partial charge on any atom is 0.0493 e. The molecule has 2 rings (SSSR count). The highest BCUT2D eigenvalue weighted by Gasteiger charge is 2.11. The Bertz CT molecular complexity index is 337. The third-order valence-electron chi connectivity index (χ3n) is 2.45. The molecule has 1 aliphatic rings. The first-order chi connectivity index (χ1) is 7.90. The Morgan fingerprint density at radius 2 is 1.88 bits per heavy atom. The van der Waals surface area contributed by atoms with Crippen LogP contribution in [0.3, 0.4) is 0 Å². The summed E-state index contributed by atoms with van der Waals surface area (Å²) in [5.41, 5.74) is 1.41. The van der Waals surface area contributed by atoms with Crippen LogP contribution in [0.25, 0.3) is 0 Å². The first kappa shape index (κ1) is 12.5. The van der Waals surface area contributed by atoms with Crippen molar-refractivity contribution in [3.63, 3.8) is 0 Å². The second kappa shape index (κ2) is 6.67. The normalized spacial score (nSPS) is 18.2. The van der Waals surface area contributed by atoms with E-state index >= 15 is 0 Å². The Labute approximate surface area is 111 Å². The fraction of sp³-hybridized carbons (Fsp3) is 0.385. The third kappa shape index (κ3) is 3.51. The van der Waals surface area contributed by atoms with Gasteiger partial charge in [0.05, 0.1) is 0 Å². The Hall–Kier alpha value is 0.01000. The number of rotatable bonds is 3. The summed E-state index contributed by atoms with van der Waals surface area (Å²) < 4.78 is 1.51. The van der Waals surface area contributed by atoms with Crippen molar-refractivity contribution in [2.75, 3.05) is 17.8 Å². The van der Waals surface area contributed by atoms with Crippen LogP contribution in [0.5, 0.6) is 0 Å². The lowest BCUT2D eigenvalue weighted by atomic mass is 10.1. The zero-order valence-electron chi connectivity index (χ0n) is 9.39. The van der Waals surface area contributed by atoms with E-state index in [0.29, 0.717) is 5.25 Å². The molecule has 0 spiro atoms. The largest absolute Gasteiger partial charge is 0.153 e. The zero-order valence-corrected chi connectivity index (χ0v) is 11.8. The van der Waals surface area contributed by atoms with Crippen LogP contribution < -0.4 is 0 Å². The van der Waals surface area contributed by atoms with Crippen molar-refractivity contribution in [3.05, 3.63) is 46.2 Å². The Balaban J connectivity index is 2.10. The van der Waals surface area contributed by atoms with Crippen molar-refractivity contribution in [3.8, 4) is 0 Å². The molecule has 0 aliphatic carbocycles. The van der Waals surface area contributed by atoms with Gasteiger partial charge in [-0.3, -0.25) is 0 Å². The summed E-state index contributed by atoms with van der Waals surface area (Å²) in [5.74, 6) is 2.57. The highest BCUT2D eigenvalue weighted by atomic mass is 32.2. The smallest absolute Gasteiger partial charge is 0.0493 e. The number of benzene rings is 1. The van der Waals surface area contributed by atoms with Gasteiger partial charge in [0.1, 0.15) is 0 Å². The molecule has 16 heavy (non-hydrogen) atoms. The molecule has 1 atom stereocenters. The molecular weight excluding hydrogens is 252 g/mol. The standard InChI is InChI=1S/C13H16S3/c1-14-12(11-6-3-2-4-7-11)10-13-15-8-5-9-16-13/h2-4,6-7,10,12H,5,8-9H2,1H3. The van der Waals surface area contributed by atoms with Crippen LogP contribution in [0.15, 0.2) is 40.6 Å². The van der Waals surface area contributed by atoms with Crippen LogP contribution in [-0.4, -0.2) is 17.8 Å². The first-order valence-electron chi connectivity index (χ1n) is 5.45. The monoisotopic (exact) mass is 268 g/mol. The third-order valence-corrected chi connectivity index (χ3v) is 5.90. The second-order valence-corrected chi connectivity index (χ2v) is 7.11. The van der Waals surface area contributed by atoms with Crippen LogP contribution in [-0.2, 0) is 0 Å². The van der Waals surface area contributed by atoms with Crippen LogP contribution in [0.2, 0.25) is 0 Å². The Kier molecular flexibility index (Phi) is 5.20. The molecule has 86 valence electrons. The van der Waals surface area contributed by atoms with E-state index in [2.05, 4.69) is 42.7 Å². The van der Waals surface area contributed by atoms with Gasteiger partial charge in [0.25, 0.3) is 0 Å². The minimum absolute atomic E-state index is 0.509. The van der Waals surface area contributed by atoms with Crippen molar-refractivity contribution < 1.29 is 0 Å². The molecule has 1 heterocycles. The molecule has 0 aromatic heterocycles. The van der Waals surface area contributed by atoms with Crippen LogP contribution >= 0.6 is 35.3 Å². The molecule has 1 aliphatic heterocycles. The van der Waals surface area contributed by atoms with Crippen molar-refractivity contribution >= 4 is 35.3 Å². The SMILES string of the molecule is CSC(C=C1SCCCS1)c1ccccc1. The van der Waals surface area contributed by atoms with Gasteiger partial charge in [0.15, 0.2) is 0 Å². The fourth-order valence-corrected chi connectivity index (χ4v) is 4.94. The van der Waals surface area contributed by atoms with Gasteiger partial charge in [0, 0.05) is 9.49 Å². The summed E-state index contributed by atoms with van der Waals surface area (Å²) >= 11 is 5.94. The number of hydrogen-bond acceptors (Lipinski definition) is 3. The summed E-state index contributed by atoms with van der Waals surface area (Å²) in [5, 5.41) is 0.509. The molecule has 1 unspecified atom stereocenters. The average molecular weight is 268 g/mol. The van der Waals surface area contributed by atoms with Gasteiger partial charge < -0.3 is 0 Å². The zero-order chi connectivity index (χ0) is 11.2. The van der Waals surface area contributed by atoms with Gasteiger partial charge in [-0.05, 0) is 35.8 Å². The lowest BCUT2D eigenvalue weighted by Gasteiger charge is -2.16. The molecule has 0 radical (unpaired) electrons. The number of hydrogen-bond donors (Lipinski definition) is 0. The minimum atomic E-state index is 0.509. The van der Waals surface area contributed by atoms with E-state index in [9.17, 15) is 0 Å². The van der Waals surface area contributed by atoms with Crippen LogP contribution in [0.1, 0.15) is 17.2 Å². The molecule has 1 aromatic carbocycles. The summed E-state index contributed by atoms with van der Waals surface area (Å²) in [6.07, 6.45) is 5.96. The van der Waals surface area contributed by atoms with E-state index in [1.54, 1.807) is 0 Å². The average Bonchev–Trinajstić information content (AvgIpc) is 2.38. The van der Waals surface area contributed by atoms with Gasteiger partial charge in [-0.25, -0.2) is 0 Å². The molecule has 0 bridgehead atoms. The van der Waals surface area contributed by atoms with E-state index in [4.69, 9.17) is 0 Å². The predicted molar refractivity (Wildman–Crippen MR) is 80.3 cm³/mol. The van der Waals surface area contributed by atoms with E-state index in [1.165, 1.54) is 27.7 Å². The second-order valence-electron chi connectivity index (χ2n) is 3.60. The van der Waals surface area contributed by atoms with Crippen molar-refractivity contribution in [2.24, 2.45) is 0 Å². The highest BCUT2D eigenvalue weighted by molar-refractivity contribution is 8.22. The van der Waals surface area contributed by atoms with E-state index in [1.807, 2.05) is 35.3 Å². The molecule has 0 saturated carbocycles. The molecule has 1 fully saturated rings. The summed E-state index contributed by atoms with van der Waals surface area (Å²) in [7, 11) is 0. The minimum Gasteiger partial charge on any atom is -0.153 e. The number of thioether (sulfide) groups is 3. The lowest BCUT2D eigenvalue weighted by Crippen LogP contribution is -1.95. The van der Waals surface area contributed by atoms with Gasteiger partial charge in [0.2, 0.25) is 0 Å². The first-order valence-corrected chi connectivity index (χ1v) is 8.71. The van der Waals surface area contributed by atoms with Gasteiger partial charge in [-0.1, -0.05) is 30.3 Å². The maximum absolute atomic E-state index is 2.43. The molecule has 0 nitrogen and oxygen atoms in total. The van der Waals surface area contributed by atoms with Crippen LogP contribution in [0, 0.1) is 0 Å². The van der Waals surface area contributed by atoms with Gasteiger partial charge in [-0.15, -0.1) is 23.5 Å². The Morgan fingerprint density at radius 3 is 2.50 bits per heavy atom. The quantitative estimate of drug-likeness (QED) is 0.772.